The van der Waals surface area contributed by atoms with Gasteiger partial charge in [0.15, 0.2) is 0 Å². The van der Waals surface area contributed by atoms with Gasteiger partial charge in [0.25, 0.3) is 10.0 Å². The van der Waals surface area contributed by atoms with Gasteiger partial charge in [-0.2, -0.15) is 0 Å². The van der Waals surface area contributed by atoms with Crippen LogP contribution in [0.5, 0.6) is 0 Å². The molecule has 0 fully saturated rings. The Balaban J connectivity index is 1.71. The second kappa shape index (κ2) is 8.81. The summed E-state index contributed by atoms with van der Waals surface area (Å²) in [5, 5.41) is 2.93. The number of aliphatic imine (C=N–C) groups is 1. The highest BCUT2D eigenvalue weighted by Gasteiger charge is 2.36. The van der Waals surface area contributed by atoms with Gasteiger partial charge in [-0.05, 0) is 63.2 Å². The molecule has 166 valence electrons. The number of nitrogens with one attached hydrogen (secondary N) is 1. The minimum absolute atomic E-state index is 0.0351. The summed E-state index contributed by atoms with van der Waals surface area (Å²) in [5.41, 5.74) is 7.51. The highest BCUT2D eigenvalue weighted by atomic mass is 32.2. The average Bonchev–Trinajstić information content (AvgIpc) is 3.28. The fourth-order valence-corrected chi connectivity index (χ4v) is 5.11. The molecular formula is C20H32N6O3S. The molecule has 3 N–H and O–H groups in total. The Morgan fingerprint density at radius 3 is 2.73 bits per heavy atom. The van der Waals surface area contributed by atoms with Gasteiger partial charge in [0.1, 0.15) is 0 Å². The third-order valence-electron chi connectivity index (χ3n) is 5.51. The molecule has 0 spiro atoms. The van der Waals surface area contributed by atoms with Crippen molar-refractivity contribution in [3.8, 4) is 0 Å². The number of hydrogen-bond acceptors (Lipinski definition) is 6. The van der Waals surface area contributed by atoms with Crippen LogP contribution in [0.15, 0.2) is 28.1 Å². The van der Waals surface area contributed by atoms with Gasteiger partial charge in [-0.25, -0.2) is 22.5 Å². The second-order valence-electron chi connectivity index (χ2n) is 8.42. The van der Waals surface area contributed by atoms with E-state index in [1.54, 1.807) is 23.1 Å². The molecule has 30 heavy (non-hydrogen) atoms. The van der Waals surface area contributed by atoms with E-state index in [0.29, 0.717) is 19.5 Å². The van der Waals surface area contributed by atoms with E-state index in [1.807, 2.05) is 27.9 Å². The van der Waals surface area contributed by atoms with E-state index in [9.17, 15) is 13.2 Å². The van der Waals surface area contributed by atoms with Crippen LogP contribution in [-0.2, 0) is 16.4 Å². The largest absolute Gasteiger partial charge is 0.369 e. The molecule has 3 rings (SSSR count). The summed E-state index contributed by atoms with van der Waals surface area (Å²) >= 11 is 0. The SMILES string of the molecule is CC(C)C1CN(S(=O)(=O)c2ccc3c(c2)CCN3C(=O)NCCCN(C)C)C(N)=N1. The minimum Gasteiger partial charge on any atom is -0.369 e. The van der Waals surface area contributed by atoms with Crippen molar-refractivity contribution in [2.45, 2.75) is 37.6 Å². The molecule has 9 nitrogen and oxygen atoms in total. The Bertz CT molecular complexity index is 928. The molecule has 1 aromatic rings. The molecule has 2 heterocycles. The van der Waals surface area contributed by atoms with Crippen LogP contribution >= 0.6 is 0 Å². The molecule has 1 unspecified atom stereocenters. The van der Waals surface area contributed by atoms with Gasteiger partial charge in [0.2, 0.25) is 5.96 Å². The normalized spacial score (nSPS) is 18.9. The van der Waals surface area contributed by atoms with Crippen LogP contribution in [0.3, 0.4) is 0 Å². The first-order chi connectivity index (χ1) is 14.1. The first kappa shape index (κ1) is 22.4. The monoisotopic (exact) mass is 436 g/mol. The van der Waals surface area contributed by atoms with Crippen LogP contribution < -0.4 is 16.0 Å². The summed E-state index contributed by atoms with van der Waals surface area (Å²) in [5.74, 6) is 0.237. The molecule has 0 bridgehead atoms. The van der Waals surface area contributed by atoms with Crippen LogP contribution in [0.4, 0.5) is 10.5 Å². The predicted octanol–water partition coefficient (Wildman–Crippen LogP) is 1.05. The molecule has 2 aliphatic heterocycles. The van der Waals surface area contributed by atoms with Crippen molar-refractivity contribution in [2.24, 2.45) is 16.6 Å². The van der Waals surface area contributed by atoms with Crippen LogP contribution in [0.25, 0.3) is 0 Å². The molecule has 1 aromatic carbocycles. The summed E-state index contributed by atoms with van der Waals surface area (Å²) in [6.45, 7) is 6.27. The molecule has 0 saturated carbocycles. The molecule has 0 aromatic heterocycles. The number of rotatable bonds is 7. The van der Waals surface area contributed by atoms with E-state index in [2.05, 4.69) is 15.2 Å². The molecule has 0 aliphatic carbocycles. The fourth-order valence-electron chi connectivity index (χ4n) is 3.68. The Hall–Kier alpha value is -2.33. The fraction of sp³-hybridized carbons (Fsp3) is 0.600. The number of hydrogen-bond donors (Lipinski definition) is 2. The predicted molar refractivity (Wildman–Crippen MR) is 118 cm³/mol. The Morgan fingerprint density at radius 1 is 1.37 bits per heavy atom. The van der Waals surface area contributed by atoms with Gasteiger partial charge in [-0.15, -0.1) is 0 Å². The van der Waals surface area contributed by atoms with Gasteiger partial charge in [0.05, 0.1) is 17.5 Å². The number of fused-ring (bicyclic) bond motifs is 1. The van der Waals surface area contributed by atoms with Crippen molar-refractivity contribution in [3.05, 3.63) is 23.8 Å². The molecule has 2 amide bonds. The number of nitrogens with zero attached hydrogens (tertiary/aromatic N) is 4. The first-order valence-corrected chi connectivity index (χ1v) is 11.7. The van der Waals surface area contributed by atoms with Gasteiger partial charge >= 0.3 is 6.03 Å². The Morgan fingerprint density at radius 2 is 2.10 bits per heavy atom. The smallest absolute Gasteiger partial charge is 0.321 e. The highest BCUT2D eigenvalue weighted by Crippen LogP contribution is 2.32. The molecule has 0 radical (unpaired) electrons. The number of urea groups is 1. The number of nitrogens with two attached hydrogens (primary N) is 1. The lowest BCUT2D eigenvalue weighted by atomic mass is 10.1. The van der Waals surface area contributed by atoms with Gasteiger partial charge < -0.3 is 16.0 Å². The number of benzene rings is 1. The summed E-state index contributed by atoms with van der Waals surface area (Å²) in [7, 11) is 0.204. The molecule has 2 aliphatic rings. The van der Waals surface area contributed by atoms with Crippen molar-refractivity contribution < 1.29 is 13.2 Å². The van der Waals surface area contributed by atoms with Gasteiger partial charge in [-0.3, -0.25) is 4.90 Å². The lowest BCUT2D eigenvalue weighted by Gasteiger charge is -2.21. The van der Waals surface area contributed by atoms with Crippen molar-refractivity contribution >= 4 is 27.7 Å². The van der Waals surface area contributed by atoms with Crippen molar-refractivity contribution in [1.82, 2.24) is 14.5 Å². The van der Waals surface area contributed by atoms with E-state index < -0.39 is 10.0 Å². The average molecular weight is 437 g/mol. The number of carbonyl (C=O) groups is 1. The molecule has 1 atom stereocenters. The Kier molecular flexibility index (Phi) is 6.56. The van der Waals surface area contributed by atoms with E-state index >= 15 is 0 Å². The van der Waals surface area contributed by atoms with Gasteiger partial charge in [-0.1, -0.05) is 13.8 Å². The van der Waals surface area contributed by atoms with E-state index in [0.717, 1.165) is 24.2 Å². The molecule has 10 heteroatoms. The lowest BCUT2D eigenvalue weighted by molar-refractivity contribution is 0.246. The zero-order chi connectivity index (χ0) is 22.1. The van der Waals surface area contributed by atoms with Crippen molar-refractivity contribution in [2.75, 3.05) is 45.2 Å². The number of anilines is 1. The summed E-state index contributed by atoms with van der Waals surface area (Å²) in [6, 6.07) is 4.61. The number of sulfonamides is 1. The number of amides is 2. The van der Waals surface area contributed by atoms with Crippen LogP contribution in [0.2, 0.25) is 0 Å². The maximum absolute atomic E-state index is 13.1. The Labute approximate surface area is 179 Å². The van der Waals surface area contributed by atoms with Crippen molar-refractivity contribution in [1.29, 1.82) is 0 Å². The maximum atomic E-state index is 13.1. The van der Waals surface area contributed by atoms with E-state index in [-0.39, 0.29) is 35.4 Å². The number of carbonyl (C=O) groups excluding carboxylic acids is 1. The third kappa shape index (κ3) is 4.54. The summed E-state index contributed by atoms with van der Waals surface area (Å²) in [4.78, 5) is 20.7. The quantitative estimate of drug-likeness (QED) is 0.621. The molecule has 0 saturated heterocycles. The van der Waals surface area contributed by atoms with Gasteiger partial charge in [0, 0.05) is 18.8 Å². The van der Waals surface area contributed by atoms with Crippen LogP contribution in [0, 0.1) is 5.92 Å². The minimum atomic E-state index is -3.79. The van der Waals surface area contributed by atoms with Crippen molar-refractivity contribution in [3.63, 3.8) is 0 Å². The standard InChI is InChI=1S/C20H32N6O3S/c1-14(2)17-13-26(19(21)23-17)30(28,29)16-6-7-18-15(12-16)8-11-25(18)20(27)22-9-5-10-24(3)4/h6-7,12,14,17H,5,8-11,13H2,1-4H3,(H2,21,23)(H,22,27). The zero-order valence-electron chi connectivity index (χ0n) is 18.1. The lowest BCUT2D eigenvalue weighted by Crippen LogP contribution is -2.40. The summed E-state index contributed by atoms with van der Waals surface area (Å²) < 4.78 is 27.4. The summed E-state index contributed by atoms with van der Waals surface area (Å²) in [6.07, 6.45) is 1.48. The highest BCUT2D eigenvalue weighted by molar-refractivity contribution is 7.89. The van der Waals surface area contributed by atoms with Crippen LogP contribution in [0.1, 0.15) is 25.8 Å². The van der Waals surface area contributed by atoms with Crippen LogP contribution in [-0.4, -0.2) is 75.9 Å². The van der Waals surface area contributed by atoms with E-state index in [1.165, 1.54) is 4.31 Å². The zero-order valence-corrected chi connectivity index (χ0v) is 18.9. The van der Waals surface area contributed by atoms with E-state index in [4.69, 9.17) is 5.73 Å². The first-order valence-electron chi connectivity index (χ1n) is 10.3. The molecular weight excluding hydrogens is 404 g/mol. The second-order valence-corrected chi connectivity index (χ2v) is 10.3. The third-order valence-corrected chi connectivity index (χ3v) is 7.28. The number of guanidine groups is 1. The maximum Gasteiger partial charge on any atom is 0.321 e. The topological polar surface area (TPSA) is 111 Å².